The molecule has 0 saturated heterocycles. The Bertz CT molecular complexity index is 3370. The molecule has 5 aromatic carbocycles. The van der Waals surface area contributed by atoms with Gasteiger partial charge in [-0.2, -0.15) is 0 Å². The number of aryl methyl sites for hydroxylation is 1. The molecule has 1 radical (unpaired) electrons. The first-order valence-corrected chi connectivity index (χ1v) is 24.1. The molecule has 0 aliphatic heterocycles. The number of hydrogen-bond donors (Lipinski definition) is 0. The number of furan rings is 1. The first kappa shape index (κ1) is 36.5. The number of benzene rings is 5. The van der Waals surface area contributed by atoms with E-state index in [1.807, 2.05) is 67.8 Å². The molecule has 0 spiro atoms. The minimum Gasteiger partial charge on any atom is -0.486 e. The Balaban J connectivity index is 0.000000216. The van der Waals surface area contributed by atoms with Crippen molar-refractivity contribution in [1.82, 2.24) is 19.5 Å². The van der Waals surface area contributed by atoms with Crippen LogP contribution in [-0.2, 0) is 20.1 Å². The van der Waals surface area contributed by atoms with Crippen LogP contribution >= 0.6 is 11.3 Å². The fourth-order valence-electron chi connectivity index (χ4n) is 7.88. The molecule has 0 saturated carbocycles. The molecule has 0 N–H and O–H groups in total. The van der Waals surface area contributed by atoms with Crippen molar-refractivity contribution < 1.29 is 34.4 Å². The van der Waals surface area contributed by atoms with Gasteiger partial charge in [-0.25, -0.2) is 4.98 Å². The third kappa shape index (κ3) is 7.42. The normalized spacial score (nSPS) is 13.3. The summed E-state index contributed by atoms with van der Waals surface area (Å²) < 4.78 is 55.9. The SMILES string of the molecule is [2H]C(C)(C)c1cc(-c2[c-]cc(F)cc2)ncc1[Si](C)(C)C.[2H]C([2H])([2H])c1ccc2c(n1)oc1c(-c3nc4ccccc4n3-c3ccc(C(C)C)c4sc5ccccc5c34)[c-]ccc12.[Ir]. The molecule has 0 aliphatic carbocycles. The molecule has 0 atom stereocenters. The first-order valence-electron chi connectivity index (χ1n) is 21.7. The molecule has 303 valence electrons. The van der Waals surface area contributed by atoms with E-state index in [1.54, 1.807) is 18.2 Å². The van der Waals surface area contributed by atoms with E-state index in [1.165, 1.54) is 43.1 Å². The second kappa shape index (κ2) is 16.3. The predicted molar refractivity (Wildman–Crippen MR) is 248 cm³/mol. The van der Waals surface area contributed by atoms with E-state index in [-0.39, 0.29) is 37.3 Å². The van der Waals surface area contributed by atoms with Crippen molar-refractivity contribution in [3.05, 3.63) is 150 Å². The van der Waals surface area contributed by atoms with Crippen LogP contribution in [0.3, 0.4) is 0 Å². The summed E-state index contributed by atoms with van der Waals surface area (Å²) in [6, 6.07) is 40.9. The third-order valence-electron chi connectivity index (χ3n) is 10.8. The van der Waals surface area contributed by atoms with Gasteiger partial charge >= 0.3 is 0 Å². The minimum atomic E-state index is -2.33. The van der Waals surface area contributed by atoms with E-state index < -0.39 is 20.8 Å². The molecule has 0 amide bonds. The largest absolute Gasteiger partial charge is 0.486 e. The zero-order chi connectivity index (χ0) is 44.6. The maximum absolute atomic E-state index is 13.0. The van der Waals surface area contributed by atoms with Gasteiger partial charge in [0.1, 0.15) is 0 Å². The Hall–Kier alpha value is -5.31. The number of para-hydroxylation sites is 2. The minimum absolute atomic E-state index is 0. The van der Waals surface area contributed by atoms with Crippen molar-refractivity contribution in [3.63, 3.8) is 0 Å². The summed E-state index contributed by atoms with van der Waals surface area (Å²) >= 11 is 1.83. The molecule has 5 heterocycles. The molecule has 0 bridgehead atoms. The van der Waals surface area contributed by atoms with Gasteiger partial charge in [0.15, 0.2) is 0 Å². The summed E-state index contributed by atoms with van der Waals surface area (Å²) in [6.45, 7) is 12.7. The fraction of sp³-hybridized carbons (Fsp3) is 0.196. The van der Waals surface area contributed by atoms with Crippen LogP contribution in [0.1, 0.15) is 61.8 Å². The Kier molecular flexibility index (Phi) is 9.91. The number of hydrogen-bond acceptors (Lipinski definition) is 5. The Labute approximate surface area is 374 Å². The number of halogens is 1. The van der Waals surface area contributed by atoms with E-state index in [0.29, 0.717) is 22.9 Å². The van der Waals surface area contributed by atoms with Crippen molar-refractivity contribution in [1.29, 1.82) is 0 Å². The molecule has 5 aromatic heterocycles. The average molecular weight is 1010 g/mol. The van der Waals surface area contributed by atoms with Gasteiger partial charge in [0.25, 0.3) is 0 Å². The van der Waals surface area contributed by atoms with Gasteiger partial charge in [0.05, 0.1) is 30.5 Å². The topological polar surface area (TPSA) is 56.7 Å². The van der Waals surface area contributed by atoms with Crippen molar-refractivity contribution in [2.75, 3.05) is 0 Å². The molecule has 10 rings (SSSR count). The van der Waals surface area contributed by atoms with Crippen molar-refractivity contribution in [3.8, 4) is 28.3 Å². The van der Waals surface area contributed by atoms with Crippen LogP contribution in [-0.4, -0.2) is 27.6 Å². The number of rotatable bonds is 6. The number of imidazole rings is 1. The molecule has 10 aromatic rings. The summed E-state index contributed by atoms with van der Waals surface area (Å²) in [5, 5.41) is 5.21. The zero-order valence-electron chi connectivity index (χ0n) is 38.4. The van der Waals surface area contributed by atoms with Crippen LogP contribution < -0.4 is 5.19 Å². The van der Waals surface area contributed by atoms with Gasteiger partial charge in [-0.05, 0) is 71.5 Å². The Morgan fingerprint density at radius 3 is 2.40 bits per heavy atom. The quantitative estimate of drug-likeness (QED) is 0.123. The van der Waals surface area contributed by atoms with E-state index in [9.17, 15) is 4.39 Å². The molecule has 9 heteroatoms. The van der Waals surface area contributed by atoms with Gasteiger partial charge < -0.3 is 14.0 Å². The maximum Gasteiger partial charge on any atom is 0.216 e. The van der Waals surface area contributed by atoms with E-state index in [4.69, 9.17) is 14.9 Å². The van der Waals surface area contributed by atoms with Crippen molar-refractivity contribution >= 4 is 77.9 Å². The summed E-state index contributed by atoms with van der Waals surface area (Å²) in [5.41, 5.74) is 8.26. The number of pyridine rings is 2. The number of nitrogens with zero attached hydrogens (tertiary/aromatic N) is 4. The van der Waals surface area contributed by atoms with Gasteiger partial charge in [-0.15, -0.1) is 59.4 Å². The van der Waals surface area contributed by atoms with E-state index in [0.717, 1.165) is 44.3 Å². The molecule has 0 aliphatic rings. The molecule has 0 unspecified atom stereocenters. The summed E-state index contributed by atoms with van der Waals surface area (Å²) in [7, 11) is -1.57. The van der Waals surface area contributed by atoms with Crippen LogP contribution in [0.2, 0.25) is 19.6 Å². The van der Waals surface area contributed by atoms with Gasteiger partial charge in [-0.1, -0.05) is 106 Å². The summed E-state index contributed by atoms with van der Waals surface area (Å²) in [6.07, 6.45) is 1.89. The van der Waals surface area contributed by atoms with Gasteiger partial charge in [-0.3, -0.25) is 9.37 Å². The van der Waals surface area contributed by atoms with Crippen LogP contribution in [0.15, 0.2) is 120 Å². The fourth-order valence-corrected chi connectivity index (χ4v) is 10.8. The second-order valence-electron chi connectivity index (χ2n) is 16.4. The smallest absolute Gasteiger partial charge is 0.216 e. The van der Waals surface area contributed by atoms with Crippen molar-refractivity contribution in [2.45, 2.75) is 66.0 Å². The summed E-state index contributed by atoms with van der Waals surface area (Å²) in [5.74, 6) is 0.0793. The average Bonchev–Trinajstić information content (AvgIpc) is 3.94. The van der Waals surface area contributed by atoms with Crippen molar-refractivity contribution in [2.24, 2.45) is 0 Å². The van der Waals surface area contributed by atoms with E-state index >= 15 is 0 Å². The molecule has 0 fully saturated rings. The van der Waals surface area contributed by atoms with E-state index in [2.05, 4.69) is 103 Å². The summed E-state index contributed by atoms with van der Waals surface area (Å²) in [4.78, 5) is 14.0. The Morgan fingerprint density at radius 1 is 0.850 bits per heavy atom. The van der Waals surface area contributed by atoms with Crippen LogP contribution in [0, 0.1) is 24.8 Å². The van der Waals surface area contributed by atoms with Crippen LogP contribution in [0.4, 0.5) is 4.39 Å². The number of aromatic nitrogens is 4. The monoisotopic (exact) mass is 1010 g/mol. The predicted octanol–water partition coefficient (Wildman–Crippen LogP) is 13.9. The molecular weight excluding hydrogens is 956 g/mol. The van der Waals surface area contributed by atoms with Gasteiger partial charge in [0.2, 0.25) is 5.71 Å². The molecule has 60 heavy (non-hydrogen) atoms. The number of fused-ring (bicyclic) bond motifs is 7. The molecular formula is C51H45FIrN4OSSi-2. The first-order chi connectivity index (χ1) is 29.9. The second-order valence-corrected chi connectivity index (χ2v) is 22.5. The van der Waals surface area contributed by atoms with Gasteiger partial charge in [0, 0.05) is 74.5 Å². The third-order valence-corrected chi connectivity index (χ3v) is 14.0. The maximum atomic E-state index is 13.0. The molecule has 5 nitrogen and oxygen atoms in total. The zero-order valence-corrected chi connectivity index (χ0v) is 38.6. The van der Waals surface area contributed by atoms with Crippen LogP contribution in [0.25, 0.3) is 81.6 Å². The number of thiophene rings is 1. The van der Waals surface area contributed by atoms with Crippen LogP contribution in [0.5, 0.6) is 0 Å². The standard InChI is InChI=1S/C34H24N3OS.C17H21FNSi.Ir/c1-19(2)21-17-18-28(30-24-9-4-7-14-29(24)39-32(21)30)37-27-13-6-5-12-26(27)36-33(37)25-11-8-10-22-23-16-15-20(3)35-34(23)38-31(22)25;1-12(2)15-10-16(13-6-8-14(18)9-7-13)19-11-17(15)20(3,4)5;/h4-10,12-19H,1-3H3;6,8-12H,1-5H3;/q2*-1;/i3D3;12D;. The Morgan fingerprint density at radius 2 is 1.65 bits per heavy atom.